The summed E-state index contributed by atoms with van der Waals surface area (Å²) in [5.41, 5.74) is 0.170. The predicted molar refractivity (Wildman–Crippen MR) is 66.7 cm³/mol. The molecule has 0 bridgehead atoms. The highest BCUT2D eigenvalue weighted by Gasteiger charge is 2.38. The highest BCUT2D eigenvalue weighted by atomic mass is 16.4. The normalized spacial score (nSPS) is 19.1. The summed E-state index contributed by atoms with van der Waals surface area (Å²) in [5.74, 6) is 1.58. The fourth-order valence-corrected chi connectivity index (χ4v) is 2.60. The molecule has 1 aromatic heterocycles. The molecular weight excluding hydrogens is 214 g/mol. The third kappa shape index (κ3) is 2.68. The summed E-state index contributed by atoms with van der Waals surface area (Å²) in [6, 6.07) is 0.442. The summed E-state index contributed by atoms with van der Waals surface area (Å²) >= 11 is 0. The van der Waals surface area contributed by atoms with Crippen LogP contribution in [-0.2, 0) is 12.0 Å². The zero-order chi connectivity index (χ0) is 12.3. The molecule has 96 valence electrons. The van der Waals surface area contributed by atoms with Crippen molar-refractivity contribution in [2.75, 3.05) is 0 Å². The highest BCUT2D eigenvalue weighted by Crippen LogP contribution is 2.42. The smallest absolute Gasteiger partial charge is 0.230 e. The molecule has 1 aliphatic rings. The minimum Gasteiger partial charge on any atom is -0.423 e. The molecule has 0 amide bonds. The molecule has 0 atom stereocenters. The van der Waals surface area contributed by atoms with E-state index in [2.05, 4.69) is 36.3 Å². The van der Waals surface area contributed by atoms with E-state index in [-0.39, 0.29) is 5.41 Å². The van der Waals surface area contributed by atoms with Gasteiger partial charge in [0.05, 0.1) is 6.54 Å². The Morgan fingerprint density at radius 3 is 2.59 bits per heavy atom. The minimum absolute atomic E-state index is 0.170. The van der Waals surface area contributed by atoms with Gasteiger partial charge >= 0.3 is 0 Å². The maximum Gasteiger partial charge on any atom is 0.230 e. The lowest BCUT2D eigenvalue weighted by Gasteiger charge is -2.22. The lowest BCUT2D eigenvalue weighted by molar-refractivity contribution is 0.301. The van der Waals surface area contributed by atoms with Crippen molar-refractivity contribution >= 4 is 0 Å². The molecule has 1 aromatic rings. The third-order valence-electron chi connectivity index (χ3n) is 3.82. The summed E-state index contributed by atoms with van der Waals surface area (Å²) in [5, 5.41) is 11.7. The molecule has 0 unspecified atom stereocenters. The second kappa shape index (κ2) is 5.17. The van der Waals surface area contributed by atoms with Crippen molar-refractivity contribution in [3.05, 3.63) is 11.8 Å². The first kappa shape index (κ1) is 12.6. The van der Waals surface area contributed by atoms with Crippen LogP contribution in [0.15, 0.2) is 4.42 Å². The van der Waals surface area contributed by atoms with E-state index >= 15 is 0 Å². The average Bonchev–Trinajstić information content (AvgIpc) is 2.96. The van der Waals surface area contributed by atoms with Gasteiger partial charge in [0, 0.05) is 11.5 Å². The maximum atomic E-state index is 5.83. The van der Waals surface area contributed by atoms with Gasteiger partial charge < -0.3 is 9.73 Å². The Bertz CT molecular complexity index is 353. The van der Waals surface area contributed by atoms with E-state index in [4.69, 9.17) is 4.42 Å². The number of rotatable bonds is 5. The zero-order valence-corrected chi connectivity index (χ0v) is 11.1. The van der Waals surface area contributed by atoms with Crippen LogP contribution >= 0.6 is 0 Å². The molecule has 1 heterocycles. The predicted octanol–water partition coefficient (Wildman–Crippen LogP) is 2.79. The topological polar surface area (TPSA) is 51.0 Å². The SMILES string of the molecule is CCC1(c2nnc(CNC(C)C)o2)CCCC1. The van der Waals surface area contributed by atoms with Crippen molar-refractivity contribution < 1.29 is 4.42 Å². The fraction of sp³-hybridized carbons (Fsp3) is 0.846. The number of hydrogen-bond donors (Lipinski definition) is 1. The zero-order valence-electron chi connectivity index (χ0n) is 11.1. The van der Waals surface area contributed by atoms with E-state index in [9.17, 15) is 0 Å². The Kier molecular flexibility index (Phi) is 3.82. The summed E-state index contributed by atoms with van der Waals surface area (Å²) < 4.78 is 5.83. The van der Waals surface area contributed by atoms with Gasteiger partial charge in [0.25, 0.3) is 0 Å². The van der Waals surface area contributed by atoms with Crippen molar-refractivity contribution in [3.63, 3.8) is 0 Å². The molecule has 17 heavy (non-hydrogen) atoms. The Labute approximate surface area is 103 Å². The Morgan fingerprint density at radius 1 is 1.29 bits per heavy atom. The number of hydrogen-bond acceptors (Lipinski definition) is 4. The number of aromatic nitrogens is 2. The first-order valence-corrected chi connectivity index (χ1v) is 6.72. The summed E-state index contributed by atoms with van der Waals surface area (Å²) in [7, 11) is 0. The molecule has 0 saturated heterocycles. The van der Waals surface area contributed by atoms with Crippen LogP contribution in [0.5, 0.6) is 0 Å². The molecule has 1 aliphatic carbocycles. The molecule has 0 spiro atoms. The molecule has 0 aromatic carbocycles. The highest BCUT2D eigenvalue weighted by molar-refractivity contribution is 5.06. The van der Waals surface area contributed by atoms with E-state index < -0.39 is 0 Å². The van der Waals surface area contributed by atoms with Crippen LogP contribution in [0.4, 0.5) is 0 Å². The number of nitrogens with zero attached hydrogens (tertiary/aromatic N) is 2. The molecule has 1 fully saturated rings. The molecule has 0 radical (unpaired) electrons. The van der Waals surface area contributed by atoms with E-state index in [1.165, 1.54) is 25.7 Å². The standard InChI is InChI=1S/C13H23N3O/c1-4-13(7-5-6-8-13)12-16-15-11(17-12)9-14-10(2)3/h10,14H,4-9H2,1-3H3. The van der Waals surface area contributed by atoms with Gasteiger partial charge in [0.1, 0.15) is 0 Å². The van der Waals surface area contributed by atoms with Gasteiger partial charge in [0.15, 0.2) is 0 Å². The van der Waals surface area contributed by atoms with Gasteiger partial charge in [-0.15, -0.1) is 10.2 Å². The van der Waals surface area contributed by atoms with Gasteiger partial charge in [-0.25, -0.2) is 0 Å². The van der Waals surface area contributed by atoms with Gasteiger partial charge in [-0.3, -0.25) is 0 Å². The van der Waals surface area contributed by atoms with Crippen molar-refractivity contribution in [3.8, 4) is 0 Å². The quantitative estimate of drug-likeness (QED) is 0.855. The van der Waals surface area contributed by atoms with Crippen molar-refractivity contribution in [2.24, 2.45) is 0 Å². The average molecular weight is 237 g/mol. The summed E-state index contributed by atoms with van der Waals surface area (Å²) in [6.45, 7) is 7.12. The second-order valence-corrected chi connectivity index (χ2v) is 5.38. The van der Waals surface area contributed by atoms with Crippen LogP contribution < -0.4 is 5.32 Å². The largest absolute Gasteiger partial charge is 0.423 e. The molecule has 0 aliphatic heterocycles. The van der Waals surface area contributed by atoms with E-state index in [1.54, 1.807) is 0 Å². The molecule has 2 rings (SSSR count). The van der Waals surface area contributed by atoms with E-state index in [1.807, 2.05) is 0 Å². The molecule has 1 N–H and O–H groups in total. The third-order valence-corrected chi connectivity index (χ3v) is 3.82. The number of nitrogens with one attached hydrogen (secondary N) is 1. The van der Waals surface area contributed by atoms with Crippen molar-refractivity contribution in [1.82, 2.24) is 15.5 Å². The monoisotopic (exact) mass is 237 g/mol. The van der Waals surface area contributed by atoms with Gasteiger partial charge in [-0.2, -0.15) is 0 Å². The lowest BCUT2D eigenvalue weighted by atomic mass is 9.83. The van der Waals surface area contributed by atoms with Crippen LogP contribution in [-0.4, -0.2) is 16.2 Å². The second-order valence-electron chi connectivity index (χ2n) is 5.38. The van der Waals surface area contributed by atoms with Crippen molar-refractivity contribution in [2.45, 2.75) is 70.9 Å². The van der Waals surface area contributed by atoms with E-state index in [0.29, 0.717) is 18.5 Å². The first-order valence-electron chi connectivity index (χ1n) is 6.72. The minimum atomic E-state index is 0.170. The molecule has 1 saturated carbocycles. The van der Waals surface area contributed by atoms with E-state index in [0.717, 1.165) is 12.3 Å². The Hall–Kier alpha value is -0.900. The molecule has 4 heteroatoms. The van der Waals surface area contributed by atoms with Crippen LogP contribution in [0.2, 0.25) is 0 Å². The van der Waals surface area contributed by atoms with Crippen LogP contribution in [0.3, 0.4) is 0 Å². The van der Waals surface area contributed by atoms with Gasteiger partial charge in [-0.1, -0.05) is 33.6 Å². The van der Waals surface area contributed by atoms with Gasteiger partial charge in [-0.05, 0) is 19.3 Å². The Balaban J connectivity index is 2.06. The van der Waals surface area contributed by atoms with Crippen molar-refractivity contribution in [1.29, 1.82) is 0 Å². The van der Waals surface area contributed by atoms with Gasteiger partial charge in [0.2, 0.25) is 11.8 Å². The maximum absolute atomic E-state index is 5.83. The summed E-state index contributed by atoms with van der Waals surface area (Å²) in [6.07, 6.45) is 6.07. The van der Waals surface area contributed by atoms with Crippen LogP contribution in [0.25, 0.3) is 0 Å². The lowest BCUT2D eigenvalue weighted by Crippen LogP contribution is -2.22. The summed E-state index contributed by atoms with van der Waals surface area (Å²) in [4.78, 5) is 0. The van der Waals surface area contributed by atoms with Crippen LogP contribution in [0.1, 0.15) is 64.7 Å². The van der Waals surface area contributed by atoms with Crippen LogP contribution in [0, 0.1) is 0 Å². The fourth-order valence-electron chi connectivity index (χ4n) is 2.60. The molecular formula is C13H23N3O. The first-order chi connectivity index (χ1) is 8.16. The molecule has 4 nitrogen and oxygen atoms in total. The Morgan fingerprint density at radius 2 is 2.00 bits per heavy atom.